The van der Waals surface area contributed by atoms with Gasteiger partial charge in [0.2, 0.25) is 0 Å². The highest BCUT2D eigenvalue weighted by atomic mass is 32.1. The first-order chi connectivity index (χ1) is 11.8. The Hall–Kier alpha value is -1.89. The van der Waals surface area contributed by atoms with E-state index in [4.69, 9.17) is 0 Å². The number of imidazole rings is 1. The van der Waals surface area contributed by atoms with Crippen LogP contribution in [0.3, 0.4) is 0 Å². The van der Waals surface area contributed by atoms with Crippen molar-refractivity contribution < 1.29 is 10.0 Å². The normalized spacial score (nSPS) is 13.0. The van der Waals surface area contributed by atoms with Crippen LogP contribution in [0.15, 0.2) is 42.6 Å². The predicted molar refractivity (Wildman–Crippen MR) is 105 cm³/mol. The predicted octanol–water partition coefficient (Wildman–Crippen LogP) is 3.63. The number of nitrogens with one attached hydrogen (secondary N) is 1. The van der Waals surface area contributed by atoms with Gasteiger partial charge in [-0.05, 0) is 22.6 Å². The molecule has 0 spiro atoms. The Balaban J connectivity index is 1.82. The largest absolute Gasteiger partial charge is 0.499 e. The second-order valence-electron chi connectivity index (χ2n) is 7.42. The fraction of sp³-hybridized carbons (Fsp3) is 0.316. The lowest BCUT2D eigenvalue weighted by atomic mass is 9.82. The molecule has 2 heterocycles. The van der Waals surface area contributed by atoms with Crippen LogP contribution in [0.2, 0.25) is 0 Å². The summed E-state index contributed by atoms with van der Waals surface area (Å²) >= 11 is 1.39. The van der Waals surface area contributed by atoms with Crippen LogP contribution < -0.4 is 4.78 Å². The highest BCUT2D eigenvalue weighted by molar-refractivity contribution is 7.24. The summed E-state index contributed by atoms with van der Waals surface area (Å²) in [5, 5.41) is 18.5. The van der Waals surface area contributed by atoms with Gasteiger partial charge in [0.25, 0.3) is 0 Å². The topological polar surface area (TPSA) is 69.1 Å². The van der Waals surface area contributed by atoms with Gasteiger partial charge in [-0.2, -0.15) is 0 Å². The fourth-order valence-electron chi connectivity index (χ4n) is 2.57. The van der Waals surface area contributed by atoms with Gasteiger partial charge in [-0.15, -0.1) is 11.3 Å². The molecule has 0 radical (unpaired) electrons. The molecule has 3 rings (SSSR count). The standard InChI is InChI=1S/C19H23BN2O2S/c1-12(19(2,3)4)18-21-11-15(22-18)13-5-7-14(8-6-13)16-9-10-17(25-16)20(23)24/h5-12,23-24H,1-4H3,(H,21,22)/t12-/m1/s1. The van der Waals surface area contributed by atoms with Crippen LogP contribution in [0.5, 0.6) is 0 Å². The van der Waals surface area contributed by atoms with Crippen molar-refractivity contribution in [3.8, 4) is 21.7 Å². The average Bonchev–Trinajstić information content (AvgIpc) is 3.23. The molecular weight excluding hydrogens is 331 g/mol. The minimum Gasteiger partial charge on any atom is -0.423 e. The quantitative estimate of drug-likeness (QED) is 0.627. The number of thiophene rings is 1. The number of hydrogen-bond acceptors (Lipinski definition) is 4. The molecule has 1 aromatic carbocycles. The Bertz CT molecular complexity index is 847. The molecule has 6 heteroatoms. The molecule has 1 atom stereocenters. The van der Waals surface area contributed by atoms with Crippen LogP contribution in [0, 0.1) is 5.41 Å². The van der Waals surface area contributed by atoms with Crippen LogP contribution in [0.4, 0.5) is 0 Å². The van der Waals surface area contributed by atoms with Crippen LogP contribution in [-0.2, 0) is 0 Å². The second-order valence-corrected chi connectivity index (χ2v) is 8.54. The van der Waals surface area contributed by atoms with Gasteiger partial charge < -0.3 is 15.0 Å². The molecule has 0 amide bonds. The number of benzene rings is 1. The smallest absolute Gasteiger partial charge is 0.423 e. The minimum absolute atomic E-state index is 0.160. The molecule has 0 unspecified atom stereocenters. The highest BCUT2D eigenvalue weighted by Crippen LogP contribution is 2.34. The maximum Gasteiger partial charge on any atom is 0.499 e. The number of aromatic amines is 1. The Kier molecular flexibility index (Phi) is 4.87. The van der Waals surface area contributed by atoms with E-state index in [1.54, 1.807) is 6.07 Å². The molecule has 0 bridgehead atoms. The van der Waals surface area contributed by atoms with Gasteiger partial charge >= 0.3 is 7.12 Å². The van der Waals surface area contributed by atoms with Crippen LogP contribution >= 0.6 is 11.3 Å². The first-order valence-corrected chi connectivity index (χ1v) is 9.19. The first kappa shape index (κ1) is 17.9. The third kappa shape index (κ3) is 3.87. The molecule has 130 valence electrons. The lowest BCUT2D eigenvalue weighted by molar-refractivity contribution is 0.329. The van der Waals surface area contributed by atoms with E-state index in [1.807, 2.05) is 24.4 Å². The maximum atomic E-state index is 9.24. The molecule has 0 aliphatic rings. The van der Waals surface area contributed by atoms with Crippen molar-refractivity contribution in [1.29, 1.82) is 0 Å². The summed E-state index contributed by atoms with van der Waals surface area (Å²) in [6.07, 6.45) is 1.89. The number of nitrogens with zero attached hydrogens (tertiary/aromatic N) is 1. The lowest BCUT2D eigenvalue weighted by Gasteiger charge is -2.25. The van der Waals surface area contributed by atoms with Gasteiger partial charge in [-0.25, -0.2) is 4.98 Å². The summed E-state index contributed by atoms with van der Waals surface area (Å²) in [5.41, 5.74) is 3.31. The zero-order valence-corrected chi connectivity index (χ0v) is 15.8. The van der Waals surface area contributed by atoms with Gasteiger partial charge in [0, 0.05) is 15.6 Å². The molecule has 3 N–H and O–H groups in total. The van der Waals surface area contributed by atoms with E-state index in [-0.39, 0.29) is 5.41 Å². The third-order valence-electron chi connectivity index (χ3n) is 4.67. The van der Waals surface area contributed by atoms with Crippen LogP contribution in [-0.4, -0.2) is 27.1 Å². The molecule has 2 aromatic heterocycles. The Morgan fingerprint density at radius 2 is 1.68 bits per heavy atom. The Labute approximate surface area is 152 Å². The summed E-state index contributed by atoms with van der Waals surface area (Å²) in [5.74, 6) is 1.35. The van der Waals surface area contributed by atoms with Gasteiger partial charge in [-0.3, -0.25) is 0 Å². The maximum absolute atomic E-state index is 9.24. The number of aromatic nitrogens is 2. The summed E-state index contributed by atoms with van der Waals surface area (Å²) < 4.78 is 0.549. The van der Waals surface area contributed by atoms with E-state index < -0.39 is 7.12 Å². The van der Waals surface area contributed by atoms with Crippen LogP contribution in [0.25, 0.3) is 21.7 Å². The van der Waals surface area contributed by atoms with E-state index >= 15 is 0 Å². The Morgan fingerprint density at radius 1 is 1.04 bits per heavy atom. The van der Waals surface area contributed by atoms with Crippen molar-refractivity contribution in [2.75, 3.05) is 0 Å². The van der Waals surface area contributed by atoms with Crippen molar-refractivity contribution in [1.82, 2.24) is 9.97 Å². The number of H-pyrrole nitrogens is 1. The van der Waals surface area contributed by atoms with Crippen molar-refractivity contribution in [3.05, 3.63) is 48.4 Å². The molecule has 25 heavy (non-hydrogen) atoms. The monoisotopic (exact) mass is 354 g/mol. The summed E-state index contributed by atoms with van der Waals surface area (Å²) in [6, 6.07) is 11.9. The van der Waals surface area contributed by atoms with E-state index in [0.717, 1.165) is 27.5 Å². The molecule has 0 saturated heterocycles. The SMILES string of the molecule is C[C@H](c1ncc(-c2ccc(-c3ccc(B(O)O)s3)cc2)[nH]1)C(C)(C)C. The van der Waals surface area contributed by atoms with Gasteiger partial charge in [0.05, 0.1) is 11.9 Å². The molecular formula is C19H23BN2O2S. The highest BCUT2D eigenvalue weighted by Gasteiger charge is 2.24. The fourth-order valence-corrected chi connectivity index (χ4v) is 3.46. The van der Waals surface area contributed by atoms with Gasteiger partial charge in [0.15, 0.2) is 0 Å². The zero-order valence-electron chi connectivity index (χ0n) is 14.9. The van der Waals surface area contributed by atoms with Gasteiger partial charge in [0.1, 0.15) is 5.82 Å². The molecule has 3 aromatic rings. The molecule has 0 fully saturated rings. The van der Waals surface area contributed by atoms with Crippen molar-refractivity contribution >= 4 is 23.2 Å². The summed E-state index contributed by atoms with van der Waals surface area (Å²) in [7, 11) is -1.41. The minimum atomic E-state index is -1.41. The van der Waals surface area contributed by atoms with E-state index in [0.29, 0.717) is 10.7 Å². The molecule has 4 nitrogen and oxygen atoms in total. The number of rotatable bonds is 4. The van der Waals surface area contributed by atoms with Crippen molar-refractivity contribution in [3.63, 3.8) is 0 Å². The zero-order chi connectivity index (χ0) is 18.2. The Morgan fingerprint density at radius 3 is 2.24 bits per heavy atom. The second kappa shape index (κ2) is 6.79. The molecule has 0 aliphatic heterocycles. The van der Waals surface area contributed by atoms with Crippen LogP contribution in [0.1, 0.15) is 39.4 Å². The van der Waals surface area contributed by atoms with Crippen molar-refractivity contribution in [2.45, 2.75) is 33.6 Å². The number of hydrogen-bond donors (Lipinski definition) is 3. The lowest BCUT2D eigenvalue weighted by Crippen LogP contribution is -2.26. The average molecular weight is 354 g/mol. The molecule has 0 saturated carbocycles. The third-order valence-corrected chi connectivity index (χ3v) is 5.84. The van der Waals surface area contributed by atoms with E-state index in [9.17, 15) is 10.0 Å². The van der Waals surface area contributed by atoms with Gasteiger partial charge in [-0.1, -0.05) is 58.0 Å². The summed E-state index contributed by atoms with van der Waals surface area (Å²) in [4.78, 5) is 9.01. The summed E-state index contributed by atoms with van der Waals surface area (Å²) in [6.45, 7) is 8.84. The van der Waals surface area contributed by atoms with Crippen molar-refractivity contribution in [2.24, 2.45) is 5.41 Å². The van der Waals surface area contributed by atoms with E-state index in [1.165, 1.54) is 11.3 Å². The molecule has 0 aliphatic carbocycles. The van der Waals surface area contributed by atoms with E-state index in [2.05, 4.69) is 49.8 Å². The first-order valence-electron chi connectivity index (χ1n) is 8.37.